The normalized spacial score (nSPS) is 9.50. The van der Waals surface area contributed by atoms with Gasteiger partial charge in [0.25, 0.3) is 0 Å². The van der Waals surface area contributed by atoms with Crippen molar-refractivity contribution in [2.75, 3.05) is 13.7 Å². The zero-order chi connectivity index (χ0) is 10.8. The number of aliphatic carboxylic acids is 1. The summed E-state index contributed by atoms with van der Waals surface area (Å²) in [6.07, 6.45) is 3.18. The van der Waals surface area contributed by atoms with Gasteiger partial charge in [-0.25, -0.2) is 4.79 Å². The van der Waals surface area contributed by atoms with Crippen molar-refractivity contribution in [1.82, 2.24) is 5.32 Å². The first-order valence-corrected chi connectivity index (χ1v) is 4.70. The highest BCUT2D eigenvalue weighted by Gasteiger charge is 1.98. The third-order valence-electron chi connectivity index (χ3n) is 1.77. The summed E-state index contributed by atoms with van der Waals surface area (Å²) in [4.78, 5) is 20.7. The number of hydrogen-bond donors (Lipinski definition) is 2. The van der Waals surface area contributed by atoms with Crippen LogP contribution < -0.4 is 5.32 Å². The van der Waals surface area contributed by atoms with Gasteiger partial charge in [0, 0.05) is 13.0 Å². The Bertz CT molecular complexity index is 182. The lowest BCUT2D eigenvalue weighted by Gasteiger charge is -2.02. The molecule has 1 amide bonds. The Kier molecular flexibility index (Phi) is 7.59. The number of methoxy groups -OCH3 is 1. The van der Waals surface area contributed by atoms with Crippen molar-refractivity contribution in [3.05, 3.63) is 0 Å². The number of unbranched alkanes of at least 4 members (excludes halogenated alkanes) is 3. The summed E-state index contributed by atoms with van der Waals surface area (Å²) in [6, 6.07) is 0. The monoisotopic (exact) mass is 203 g/mol. The van der Waals surface area contributed by atoms with Crippen molar-refractivity contribution in [3.63, 3.8) is 0 Å². The van der Waals surface area contributed by atoms with Crippen molar-refractivity contribution in [2.45, 2.75) is 32.1 Å². The van der Waals surface area contributed by atoms with E-state index in [-0.39, 0.29) is 6.42 Å². The molecule has 0 aromatic heterocycles. The van der Waals surface area contributed by atoms with Crippen molar-refractivity contribution in [3.8, 4) is 0 Å². The van der Waals surface area contributed by atoms with Crippen LogP contribution in [0.2, 0.25) is 0 Å². The number of carbonyl (C=O) groups is 2. The second-order valence-electron chi connectivity index (χ2n) is 2.98. The molecule has 0 rings (SSSR count). The van der Waals surface area contributed by atoms with Gasteiger partial charge in [-0.15, -0.1) is 0 Å². The zero-order valence-corrected chi connectivity index (χ0v) is 8.41. The molecule has 0 aliphatic carbocycles. The molecule has 0 spiro atoms. The predicted molar refractivity (Wildman–Crippen MR) is 51.1 cm³/mol. The Morgan fingerprint density at radius 3 is 2.43 bits per heavy atom. The van der Waals surface area contributed by atoms with Gasteiger partial charge >= 0.3 is 12.1 Å². The number of ether oxygens (including phenoxy) is 1. The summed E-state index contributed by atoms with van der Waals surface area (Å²) in [5.41, 5.74) is 0. The number of hydrogen-bond acceptors (Lipinski definition) is 3. The molecule has 0 aromatic carbocycles. The number of amides is 1. The van der Waals surface area contributed by atoms with Gasteiger partial charge in [-0.05, 0) is 12.8 Å². The van der Waals surface area contributed by atoms with Gasteiger partial charge in [-0.3, -0.25) is 4.79 Å². The maximum absolute atomic E-state index is 10.6. The van der Waals surface area contributed by atoms with Crippen molar-refractivity contribution in [1.29, 1.82) is 0 Å². The van der Waals surface area contributed by atoms with Gasteiger partial charge in [0.2, 0.25) is 0 Å². The van der Waals surface area contributed by atoms with Gasteiger partial charge in [-0.1, -0.05) is 12.8 Å². The minimum Gasteiger partial charge on any atom is -0.481 e. The summed E-state index contributed by atoms with van der Waals surface area (Å²) in [6.45, 7) is 0.583. The predicted octanol–water partition coefficient (Wildman–Crippen LogP) is 1.38. The maximum atomic E-state index is 10.6. The van der Waals surface area contributed by atoms with Crippen molar-refractivity contribution < 1.29 is 19.4 Å². The molecule has 0 saturated heterocycles. The first kappa shape index (κ1) is 12.7. The van der Waals surface area contributed by atoms with Gasteiger partial charge in [0.15, 0.2) is 0 Å². The average molecular weight is 203 g/mol. The molecule has 2 N–H and O–H groups in total. The highest BCUT2D eigenvalue weighted by Crippen LogP contribution is 2.01. The van der Waals surface area contributed by atoms with Crippen LogP contribution in [-0.2, 0) is 9.53 Å². The highest BCUT2D eigenvalue weighted by molar-refractivity contribution is 5.66. The fraction of sp³-hybridized carbons (Fsp3) is 0.778. The number of carboxylic acids is 1. The molecule has 0 unspecified atom stereocenters. The number of rotatable bonds is 7. The molecule has 0 atom stereocenters. The number of carbonyl (C=O) groups excluding carboxylic acids is 1. The highest BCUT2D eigenvalue weighted by atomic mass is 16.5. The molecule has 14 heavy (non-hydrogen) atoms. The molecule has 5 heteroatoms. The van der Waals surface area contributed by atoms with Crippen LogP contribution in [0.15, 0.2) is 0 Å². The number of nitrogens with one attached hydrogen (secondary N) is 1. The van der Waals surface area contributed by atoms with E-state index in [4.69, 9.17) is 5.11 Å². The smallest absolute Gasteiger partial charge is 0.406 e. The Morgan fingerprint density at radius 2 is 1.86 bits per heavy atom. The lowest BCUT2D eigenvalue weighted by atomic mass is 10.1. The van der Waals surface area contributed by atoms with Crippen LogP contribution >= 0.6 is 0 Å². The lowest BCUT2D eigenvalue weighted by Crippen LogP contribution is -2.23. The van der Waals surface area contributed by atoms with Gasteiger partial charge < -0.3 is 15.2 Å². The van der Waals surface area contributed by atoms with E-state index in [2.05, 4.69) is 10.1 Å². The fourth-order valence-corrected chi connectivity index (χ4v) is 1.02. The van der Waals surface area contributed by atoms with E-state index in [0.717, 1.165) is 19.3 Å². The molecule has 0 radical (unpaired) electrons. The Hall–Kier alpha value is -1.26. The van der Waals surface area contributed by atoms with Gasteiger partial charge in [0.1, 0.15) is 0 Å². The quantitative estimate of drug-likeness (QED) is 0.613. The lowest BCUT2D eigenvalue weighted by molar-refractivity contribution is -0.137. The molecule has 82 valence electrons. The van der Waals surface area contributed by atoms with Crippen LogP contribution in [0.5, 0.6) is 0 Å². The SMILES string of the molecule is COC(=O)NCCCCCCC(=O)O. The largest absolute Gasteiger partial charge is 0.481 e. The van der Waals surface area contributed by atoms with E-state index in [0.29, 0.717) is 13.0 Å². The van der Waals surface area contributed by atoms with Crippen molar-refractivity contribution >= 4 is 12.1 Å². The standard InChI is InChI=1S/C9H17NO4/c1-14-9(13)10-7-5-3-2-4-6-8(11)12/h2-7H2,1H3,(H,10,13)(H,11,12). The third kappa shape index (κ3) is 8.83. The summed E-state index contributed by atoms with van der Waals surface area (Å²) in [5, 5.41) is 10.9. The van der Waals surface area contributed by atoms with Crippen LogP contribution in [0, 0.1) is 0 Å². The minimum atomic E-state index is -0.752. The summed E-state index contributed by atoms with van der Waals surface area (Å²) >= 11 is 0. The van der Waals surface area contributed by atoms with Crippen LogP contribution in [0.4, 0.5) is 4.79 Å². The Morgan fingerprint density at radius 1 is 1.21 bits per heavy atom. The van der Waals surface area contributed by atoms with E-state index >= 15 is 0 Å². The molecule has 0 aliphatic heterocycles. The van der Waals surface area contributed by atoms with Crippen LogP contribution in [-0.4, -0.2) is 30.8 Å². The topological polar surface area (TPSA) is 75.6 Å². The third-order valence-corrected chi connectivity index (χ3v) is 1.77. The van der Waals surface area contributed by atoms with E-state index < -0.39 is 12.1 Å². The van der Waals surface area contributed by atoms with E-state index in [1.54, 1.807) is 0 Å². The molecular formula is C9H17NO4. The first-order valence-electron chi connectivity index (χ1n) is 4.70. The van der Waals surface area contributed by atoms with Crippen LogP contribution in [0.1, 0.15) is 32.1 Å². The van der Waals surface area contributed by atoms with Gasteiger partial charge in [0.05, 0.1) is 7.11 Å². The van der Waals surface area contributed by atoms with Crippen LogP contribution in [0.25, 0.3) is 0 Å². The average Bonchev–Trinajstić information content (AvgIpc) is 2.15. The molecule has 0 heterocycles. The summed E-state index contributed by atoms with van der Waals surface area (Å²) in [7, 11) is 1.32. The molecular weight excluding hydrogens is 186 g/mol. The second-order valence-corrected chi connectivity index (χ2v) is 2.98. The molecule has 0 bridgehead atoms. The first-order chi connectivity index (χ1) is 6.66. The molecule has 0 fully saturated rings. The Balaban J connectivity index is 3.06. The van der Waals surface area contributed by atoms with Gasteiger partial charge in [-0.2, -0.15) is 0 Å². The second kappa shape index (κ2) is 8.34. The van der Waals surface area contributed by atoms with E-state index in [1.165, 1.54) is 7.11 Å². The van der Waals surface area contributed by atoms with Crippen molar-refractivity contribution in [2.24, 2.45) is 0 Å². The minimum absolute atomic E-state index is 0.227. The fourth-order valence-electron chi connectivity index (χ4n) is 1.02. The molecule has 5 nitrogen and oxygen atoms in total. The zero-order valence-electron chi connectivity index (χ0n) is 8.41. The maximum Gasteiger partial charge on any atom is 0.406 e. The Labute approximate surface area is 83.4 Å². The summed E-state index contributed by atoms with van der Waals surface area (Å²) < 4.78 is 4.38. The summed E-state index contributed by atoms with van der Waals surface area (Å²) in [5.74, 6) is -0.752. The van der Waals surface area contributed by atoms with E-state index in [9.17, 15) is 9.59 Å². The van der Waals surface area contributed by atoms with Crippen LogP contribution in [0.3, 0.4) is 0 Å². The molecule has 0 aromatic rings. The molecule has 0 saturated carbocycles. The van der Waals surface area contributed by atoms with E-state index in [1.807, 2.05) is 0 Å². The molecule has 0 aliphatic rings. The number of alkyl carbamates (subject to hydrolysis) is 1. The number of carboxylic acid groups (broad SMARTS) is 1.